The van der Waals surface area contributed by atoms with Crippen LogP contribution in [0.15, 0.2) is 49.6 Å². The molecule has 1 aromatic rings. The molecule has 0 saturated heterocycles. The second-order valence-corrected chi connectivity index (χ2v) is 5.80. The molecule has 0 unspecified atom stereocenters. The number of hydrogen-bond donors (Lipinski definition) is 0. The molecule has 19 heavy (non-hydrogen) atoms. The maximum Gasteiger partial charge on any atom is 0.335 e. The van der Waals surface area contributed by atoms with Crippen molar-refractivity contribution in [3.8, 4) is 6.07 Å². The summed E-state index contributed by atoms with van der Waals surface area (Å²) >= 11 is 0. The second kappa shape index (κ2) is 7.70. The van der Waals surface area contributed by atoms with Crippen molar-refractivity contribution >= 4 is 7.60 Å². The summed E-state index contributed by atoms with van der Waals surface area (Å²) in [7, 11) is -3.22. The molecule has 1 aromatic carbocycles. The van der Waals surface area contributed by atoms with Crippen molar-refractivity contribution in [2.24, 2.45) is 0 Å². The topological polar surface area (TPSA) is 59.3 Å². The number of rotatable bonds is 8. The van der Waals surface area contributed by atoms with Crippen LogP contribution < -0.4 is 0 Å². The van der Waals surface area contributed by atoms with Gasteiger partial charge in [-0.2, -0.15) is 5.26 Å². The van der Waals surface area contributed by atoms with E-state index in [0.29, 0.717) is 5.56 Å². The monoisotopic (exact) mass is 277 g/mol. The average Bonchev–Trinajstić information content (AvgIpc) is 2.44. The zero-order valence-electron chi connectivity index (χ0n) is 10.6. The quantitative estimate of drug-likeness (QED) is 0.537. The Morgan fingerprint density at radius 1 is 1.16 bits per heavy atom. The van der Waals surface area contributed by atoms with Gasteiger partial charge in [0, 0.05) is 0 Å². The minimum Gasteiger partial charge on any atom is -0.304 e. The lowest BCUT2D eigenvalue weighted by Gasteiger charge is -2.17. The molecule has 0 aliphatic carbocycles. The predicted octanol–water partition coefficient (Wildman–Crippen LogP) is 3.66. The Balaban J connectivity index is 2.80. The first kappa shape index (κ1) is 15.4. The lowest BCUT2D eigenvalue weighted by molar-refractivity contribution is 0.236. The third-order valence-electron chi connectivity index (χ3n) is 2.24. The summed E-state index contributed by atoms with van der Waals surface area (Å²) in [6.45, 7) is 7.35. The third kappa shape index (κ3) is 5.23. The summed E-state index contributed by atoms with van der Waals surface area (Å²) in [5.74, 6) is 0. The summed E-state index contributed by atoms with van der Waals surface area (Å²) in [6.07, 6.45) is 3.19. The normalized spacial score (nSPS) is 10.7. The zero-order chi connectivity index (χ0) is 14.1. The highest BCUT2D eigenvalue weighted by Crippen LogP contribution is 2.51. The van der Waals surface area contributed by atoms with E-state index in [1.807, 2.05) is 6.07 Å². The summed E-state index contributed by atoms with van der Waals surface area (Å²) in [5.41, 5.74) is 1.34. The molecule has 1 rings (SSSR count). The molecule has 0 fully saturated rings. The largest absolute Gasteiger partial charge is 0.335 e. The minimum atomic E-state index is -3.22. The summed E-state index contributed by atoms with van der Waals surface area (Å²) in [6, 6.07) is 8.83. The van der Waals surface area contributed by atoms with Gasteiger partial charge >= 0.3 is 7.60 Å². The Kier molecular flexibility index (Phi) is 6.24. The SMILES string of the molecule is C=CCOP(=O)(Cc1ccc(C#N)cc1)OCC=C. The van der Waals surface area contributed by atoms with E-state index >= 15 is 0 Å². The van der Waals surface area contributed by atoms with Crippen molar-refractivity contribution in [2.75, 3.05) is 13.2 Å². The van der Waals surface area contributed by atoms with Gasteiger partial charge in [0.15, 0.2) is 0 Å². The molecule has 0 amide bonds. The minimum absolute atomic E-state index is 0.153. The molecule has 0 spiro atoms. The second-order valence-electron chi connectivity index (χ2n) is 3.75. The van der Waals surface area contributed by atoms with Crippen molar-refractivity contribution in [1.29, 1.82) is 5.26 Å². The molecule has 0 N–H and O–H groups in total. The molecule has 0 aliphatic rings. The van der Waals surface area contributed by atoms with Crippen LogP contribution in [-0.2, 0) is 19.8 Å². The molecule has 4 nitrogen and oxygen atoms in total. The van der Waals surface area contributed by atoms with Gasteiger partial charge in [-0.25, -0.2) is 0 Å². The van der Waals surface area contributed by atoms with Gasteiger partial charge in [0.1, 0.15) is 0 Å². The van der Waals surface area contributed by atoms with Gasteiger partial charge in [0.05, 0.1) is 31.0 Å². The fourth-order valence-electron chi connectivity index (χ4n) is 1.37. The molecular weight excluding hydrogens is 261 g/mol. The van der Waals surface area contributed by atoms with E-state index in [1.165, 1.54) is 12.2 Å². The molecule has 100 valence electrons. The van der Waals surface area contributed by atoms with Crippen molar-refractivity contribution in [3.63, 3.8) is 0 Å². The lowest BCUT2D eigenvalue weighted by atomic mass is 10.2. The van der Waals surface area contributed by atoms with Crippen LogP contribution in [-0.4, -0.2) is 13.2 Å². The third-order valence-corrected chi connectivity index (χ3v) is 4.07. The van der Waals surface area contributed by atoms with E-state index in [4.69, 9.17) is 14.3 Å². The molecular formula is C14H16NO3P. The van der Waals surface area contributed by atoms with Crippen LogP contribution >= 0.6 is 7.60 Å². The van der Waals surface area contributed by atoms with E-state index in [1.54, 1.807) is 24.3 Å². The highest BCUT2D eigenvalue weighted by Gasteiger charge is 2.24. The van der Waals surface area contributed by atoms with Gasteiger partial charge in [-0.1, -0.05) is 24.3 Å². The van der Waals surface area contributed by atoms with Crippen LogP contribution in [0.4, 0.5) is 0 Å². The molecule has 0 radical (unpaired) electrons. The van der Waals surface area contributed by atoms with Gasteiger partial charge in [-0.15, -0.1) is 13.2 Å². The van der Waals surface area contributed by atoms with Crippen LogP contribution in [0.3, 0.4) is 0 Å². The average molecular weight is 277 g/mol. The van der Waals surface area contributed by atoms with Crippen LogP contribution in [0.25, 0.3) is 0 Å². The summed E-state index contributed by atoms with van der Waals surface area (Å²) in [4.78, 5) is 0. The van der Waals surface area contributed by atoms with Crippen molar-refractivity contribution in [3.05, 3.63) is 60.7 Å². The van der Waals surface area contributed by atoms with E-state index in [0.717, 1.165) is 5.56 Å². The van der Waals surface area contributed by atoms with Gasteiger partial charge in [0.2, 0.25) is 0 Å². The van der Waals surface area contributed by atoms with Crippen LogP contribution in [0, 0.1) is 11.3 Å². The van der Waals surface area contributed by atoms with Crippen LogP contribution in [0.5, 0.6) is 0 Å². The Hall–Kier alpha value is -1.66. The van der Waals surface area contributed by atoms with E-state index in [2.05, 4.69) is 13.2 Å². The van der Waals surface area contributed by atoms with Crippen LogP contribution in [0.1, 0.15) is 11.1 Å². The molecule has 0 atom stereocenters. The van der Waals surface area contributed by atoms with Crippen molar-refractivity contribution < 1.29 is 13.6 Å². The first-order valence-electron chi connectivity index (χ1n) is 5.72. The van der Waals surface area contributed by atoms with Crippen LogP contribution in [0.2, 0.25) is 0 Å². The van der Waals surface area contributed by atoms with E-state index in [9.17, 15) is 4.57 Å². The zero-order valence-corrected chi connectivity index (χ0v) is 11.5. The number of nitriles is 1. The molecule has 0 aromatic heterocycles. The lowest BCUT2D eigenvalue weighted by Crippen LogP contribution is -2.00. The van der Waals surface area contributed by atoms with Crippen molar-refractivity contribution in [2.45, 2.75) is 6.16 Å². The van der Waals surface area contributed by atoms with Gasteiger partial charge in [-0.05, 0) is 17.7 Å². The maximum atomic E-state index is 12.4. The number of benzene rings is 1. The molecule has 0 aliphatic heterocycles. The fourth-order valence-corrected chi connectivity index (χ4v) is 2.95. The standard InChI is InChI=1S/C14H16NO3P/c1-3-9-17-19(16,18-10-4-2)12-14-7-5-13(11-15)6-8-14/h3-8H,1-2,9-10,12H2. The fraction of sp³-hybridized carbons (Fsp3) is 0.214. The number of nitrogens with zero attached hydrogens (tertiary/aromatic N) is 1. The molecule has 0 heterocycles. The predicted molar refractivity (Wildman–Crippen MR) is 74.8 cm³/mol. The molecule has 5 heteroatoms. The maximum absolute atomic E-state index is 12.4. The summed E-state index contributed by atoms with van der Waals surface area (Å²) in [5, 5.41) is 8.72. The Bertz CT molecular complexity index is 500. The Morgan fingerprint density at radius 3 is 2.11 bits per heavy atom. The highest BCUT2D eigenvalue weighted by molar-refractivity contribution is 7.53. The Morgan fingerprint density at radius 2 is 1.68 bits per heavy atom. The first-order valence-corrected chi connectivity index (χ1v) is 7.45. The molecule has 0 saturated carbocycles. The van der Waals surface area contributed by atoms with Gasteiger partial charge in [0.25, 0.3) is 0 Å². The Labute approximate surface area is 113 Å². The first-order chi connectivity index (χ1) is 9.13. The van der Waals surface area contributed by atoms with E-state index in [-0.39, 0.29) is 19.4 Å². The summed E-state index contributed by atoms with van der Waals surface area (Å²) < 4.78 is 22.9. The molecule has 0 bridgehead atoms. The highest BCUT2D eigenvalue weighted by atomic mass is 31.2. The van der Waals surface area contributed by atoms with Crippen molar-refractivity contribution in [1.82, 2.24) is 0 Å². The smallest absolute Gasteiger partial charge is 0.304 e. The van der Waals surface area contributed by atoms with Gasteiger partial charge in [-0.3, -0.25) is 4.57 Å². The van der Waals surface area contributed by atoms with E-state index < -0.39 is 7.60 Å². The number of hydrogen-bond acceptors (Lipinski definition) is 4. The van der Waals surface area contributed by atoms with Gasteiger partial charge < -0.3 is 9.05 Å².